The van der Waals surface area contributed by atoms with E-state index in [1.54, 1.807) is 26.0 Å². The van der Waals surface area contributed by atoms with Crippen LogP contribution in [0.4, 0.5) is 10.1 Å². The lowest BCUT2D eigenvalue weighted by atomic mass is 10.3. The van der Waals surface area contributed by atoms with E-state index in [4.69, 9.17) is 11.6 Å². The Morgan fingerprint density at radius 1 is 1.33 bits per heavy atom. The second-order valence-electron chi connectivity index (χ2n) is 4.42. The van der Waals surface area contributed by atoms with Crippen LogP contribution in [0.15, 0.2) is 35.2 Å². The Labute approximate surface area is 133 Å². The smallest absolute Gasteiger partial charge is 0.265 e. The Bertz CT molecular complexity index is 743. The number of rotatable bonds is 5. The number of aryl methyl sites for hydroxylation is 1. The number of sulfonamides is 1. The van der Waals surface area contributed by atoms with E-state index < -0.39 is 15.8 Å². The molecule has 0 unspecified atom stereocenters. The molecule has 7 heteroatoms. The van der Waals surface area contributed by atoms with Gasteiger partial charge in [0.2, 0.25) is 0 Å². The van der Waals surface area contributed by atoms with Gasteiger partial charge in [-0.05, 0) is 38.1 Å². The maximum Gasteiger partial charge on any atom is 0.265 e. The first kappa shape index (κ1) is 16.3. The number of nitrogens with zero attached hydrogens (tertiary/aromatic N) is 1. The van der Waals surface area contributed by atoms with E-state index in [1.807, 2.05) is 0 Å². The molecule has 21 heavy (non-hydrogen) atoms. The third-order valence-corrected chi connectivity index (χ3v) is 6.66. The molecule has 0 atom stereocenters. The highest BCUT2D eigenvalue weighted by Gasteiger charge is 2.27. The summed E-state index contributed by atoms with van der Waals surface area (Å²) in [6.07, 6.45) is 0. The Morgan fingerprint density at radius 3 is 2.57 bits per heavy atom. The van der Waals surface area contributed by atoms with Gasteiger partial charge in [0.15, 0.2) is 0 Å². The summed E-state index contributed by atoms with van der Waals surface area (Å²) in [5.41, 5.74) is 0.315. The summed E-state index contributed by atoms with van der Waals surface area (Å²) < 4.78 is 40.1. The van der Waals surface area contributed by atoms with Gasteiger partial charge in [-0.2, -0.15) is 0 Å². The van der Waals surface area contributed by atoms with Gasteiger partial charge in [-0.3, -0.25) is 4.31 Å². The highest BCUT2D eigenvalue weighted by molar-refractivity contribution is 7.93. The number of hydrogen-bond donors (Lipinski definition) is 0. The van der Waals surface area contributed by atoms with Crippen LogP contribution in [-0.2, 0) is 15.9 Å². The number of halogens is 2. The van der Waals surface area contributed by atoms with Crippen molar-refractivity contribution >= 4 is 38.6 Å². The van der Waals surface area contributed by atoms with E-state index in [-0.39, 0.29) is 17.3 Å². The molecule has 0 radical (unpaired) electrons. The van der Waals surface area contributed by atoms with E-state index in [0.717, 1.165) is 4.88 Å². The monoisotopic (exact) mass is 347 g/mol. The molecule has 0 aliphatic rings. The van der Waals surface area contributed by atoms with Gasteiger partial charge in [0.05, 0.1) is 11.6 Å². The molecule has 0 spiro atoms. The first-order valence-corrected chi connectivity index (χ1v) is 9.12. The molecule has 0 amide bonds. The Hall–Kier alpha value is -1.11. The minimum atomic E-state index is -3.72. The van der Waals surface area contributed by atoms with Crippen LogP contribution in [0.25, 0.3) is 0 Å². The van der Waals surface area contributed by atoms with Crippen LogP contribution < -0.4 is 4.31 Å². The van der Waals surface area contributed by atoms with Gasteiger partial charge in [-0.1, -0.05) is 6.07 Å². The molecule has 0 N–H and O–H groups in total. The largest absolute Gasteiger partial charge is 0.266 e. The van der Waals surface area contributed by atoms with Crippen molar-refractivity contribution in [1.82, 2.24) is 0 Å². The average Bonchev–Trinajstić information content (AvgIpc) is 2.81. The van der Waals surface area contributed by atoms with E-state index in [0.29, 0.717) is 10.6 Å². The van der Waals surface area contributed by atoms with E-state index in [9.17, 15) is 12.8 Å². The van der Waals surface area contributed by atoms with Crippen molar-refractivity contribution < 1.29 is 12.8 Å². The Morgan fingerprint density at radius 2 is 2.05 bits per heavy atom. The van der Waals surface area contributed by atoms with Gasteiger partial charge in [-0.15, -0.1) is 22.9 Å². The number of anilines is 1. The topological polar surface area (TPSA) is 37.4 Å². The zero-order chi connectivity index (χ0) is 15.6. The highest BCUT2D eigenvalue weighted by Crippen LogP contribution is 2.31. The first-order chi connectivity index (χ1) is 9.90. The first-order valence-electron chi connectivity index (χ1n) is 6.33. The Balaban J connectivity index is 2.51. The summed E-state index contributed by atoms with van der Waals surface area (Å²) in [6, 6.07) is 7.16. The number of thiophene rings is 1. The van der Waals surface area contributed by atoms with E-state index in [1.165, 1.54) is 33.8 Å². The second kappa shape index (κ2) is 6.34. The predicted molar refractivity (Wildman–Crippen MR) is 85.2 cm³/mol. The summed E-state index contributed by atoms with van der Waals surface area (Å²) in [5.74, 6) is -0.197. The van der Waals surface area contributed by atoms with Crippen LogP contribution >= 0.6 is 22.9 Å². The molecule has 0 saturated carbocycles. The third kappa shape index (κ3) is 3.22. The highest BCUT2D eigenvalue weighted by atomic mass is 35.5. The van der Waals surface area contributed by atoms with Crippen molar-refractivity contribution in [1.29, 1.82) is 0 Å². The van der Waals surface area contributed by atoms with Crippen molar-refractivity contribution in [3.8, 4) is 0 Å². The molecule has 3 nitrogen and oxygen atoms in total. The van der Waals surface area contributed by atoms with Crippen LogP contribution in [0, 0.1) is 12.7 Å². The minimum Gasteiger partial charge on any atom is -0.266 e. The quantitative estimate of drug-likeness (QED) is 0.762. The molecule has 114 valence electrons. The fourth-order valence-electron chi connectivity index (χ4n) is 2.09. The summed E-state index contributed by atoms with van der Waals surface area (Å²) >= 11 is 7.12. The predicted octanol–water partition coefficient (Wildman–Crippen LogP) is 4.15. The molecule has 0 fully saturated rings. The molecular weight excluding hydrogens is 333 g/mol. The average molecular weight is 348 g/mol. The van der Waals surface area contributed by atoms with Gasteiger partial charge < -0.3 is 0 Å². The molecule has 1 aromatic carbocycles. The van der Waals surface area contributed by atoms with Crippen LogP contribution in [0.5, 0.6) is 0 Å². The van der Waals surface area contributed by atoms with Crippen LogP contribution in [0.3, 0.4) is 0 Å². The lowest BCUT2D eigenvalue weighted by Crippen LogP contribution is -2.31. The normalized spacial score (nSPS) is 11.6. The van der Waals surface area contributed by atoms with Crippen molar-refractivity contribution in [3.63, 3.8) is 0 Å². The summed E-state index contributed by atoms with van der Waals surface area (Å²) in [5, 5.41) is 0. The Kier molecular flexibility index (Phi) is 4.91. The van der Waals surface area contributed by atoms with Gasteiger partial charge >= 0.3 is 0 Å². The molecule has 2 aromatic rings. The summed E-state index contributed by atoms with van der Waals surface area (Å²) in [4.78, 5) is 1.71. The maximum atomic E-state index is 13.4. The zero-order valence-corrected chi connectivity index (χ0v) is 14.0. The molecule has 0 aliphatic carbocycles. The van der Waals surface area contributed by atoms with Crippen molar-refractivity contribution in [3.05, 3.63) is 45.9 Å². The standard InChI is InChI=1S/C14H15ClFNO2S2/c1-3-17(12-6-4-5-11(16)7-12)21(18,19)14-8-13(9-15)20-10(14)2/h4-8H,3,9H2,1-2H3. The van der Waals surface area contributed by atoms with Gasteiger partial charge in [-0.25, -0.2) is 12.8 Å². The molecule has 2 rings (SSSR count). The lowest BCUT2D eigenvalue weighted by Gasteiger charge is -2.22. The van der Waals surface area contributed by atoms with Crippen LogP contribution in [0.2, 0.25) is 0 Å². The number of hydrogen-bond acceptors (Lipinski definition) is 3. The van der Waals surface area contributed by atoms with Crippen LogP contribution in [-0.4, -0.2) is 15.0 Å². The van der Waals surface area contributed by atoms with Crippen LogP contribution in [0.1, 0.15) is 16.7 Å². The second-order valence-corrected chi connectivity index (χ2v) is 7.86. The summed E-state index contributed by atoms with van der Waals surface area (Å²) in [7, 11) is -3.72. The molecular formula is C14H15ClFNO2S2. The molecule has 1 aromatic heterocycles. The number of alkyl halides is 1. The lowest BCUT2D eigenvalue weighted by molar-refractivity contribution is 0.591. The van der Waals surface area contributed by atoms with Gasteiger partial charge in [0, 0.05) is 16.3 Å². The summed E-state index contributed by atoms with van der Waals surface area (Å²) in [6.45, 7) is 3.68. The fraction of sp³-hybridized carbons (Fsp3) is 0.286. The minimum absolute atomic E-state index is 0.220. The molecule has 0 aliphatic heterocycles. The van der Waals surface area contributed by atoms with Gasteiger partial charge in [0.25, 0.3) is 10.0 Å². The third-order valence-electron chi connectivity index (χ3n) is 3.01. The number of benzene rings is 1. The SMILES string of the molecule is CCN(c1cccc(F)c1)S(=O)(=O)c1cc(CCl)sc1C. The van der Waals surface area contributed by atoms with Crippen molar-refractivity contribution in [2.75, 3.05) is 10.8 Å². The van der Waals surface area contributed by atoms with Crippen molar-refractivity contribution in [2.24, 2.45) is 0 Å². The van der Waals surface area contributed by atoms with Crippen molar-refractivity contribution in [2.45, 2.75) is 24.6 Å². The maximum absolute atomic E-state index is 13.4. The van der Waals surface area contributed by atoms with E-state index >= 15 is 0 Å². The fourth-order valence-corrected chi connectivity index (χ4v) is 5.25. The molecule has 0 bridgehead atoms. The van der Waals surface area contributed by atoms with Gasteiger partial charge in [0.1, 0.15) is 10.7 Å². The zero-order valence-electron chi connectivity index (χ0n) is 11.6. The van der Waals surface area contributed by atoms with E-state index in [2.05, 4.69) is 0 Å². The molecule has 1 heterocycles. The molecule has 0 saturated heterocycles.